The number of hydrogen-bond donors (Lipinski definition) is 0. The van der Waals surface area contributed by atoms with Gasteiger partial charge in [0.2, 0.25) is 0 Å². The van der Waals surface area contributed by atoms with Crippen LogP contribution in [0.5, 0.6) is 0 Å². The van der Waals surface area contributed by atoms with Crippen molar-refractivity contribution in [2.45, 2.75) is 13.8 Å². The van der Waals surface area contributed by atoms with E-state index in [4.69, 9.17) is 0 Å². The topological polar surface area (TPSA) is 72.7 Å². The summed E-state index contributed by atoms with van der Waals surface area (Å²) in [7, 11) is 3.08. The van der Waals surface area contributed by atoms with Gasteiger partial charge in [-0.15, -0.1) is 0 Å². The van der Waals surface area contributed by atoms with E-state index in [0.717, 1.165) is 12.2 Å². The van der Waals surface area contributed by atoms with Crippen LogP contribution in [0.3, 0.4) is 0 Å². The summed E-state index contributed by atoms with van der Waals surface area (Å²) < 4.78 is 4.58. The standard InChI is InChI=1S/C13H18N2O4/c1-9(2)8-14(3)10-5-6-12(15(17)18)11(7-10)13(16)19-4/h5-7,9H,8H2,1-4H3. The molecule has 0 atom stereocenters. The minimum absolute atomic E-state index is 0.0272. The summed E-state index contributed by atoms with van der Waals surface area (Å²) in [5.74, 6) is -0.256. The molecular weight excluding hydrogens is 248 g/mol. The monoisotopic (exact) mass is 266 g/mol. The van der Waals surface area contributed by atoms with Gasteiger partial charge >= 0.3 is 5.97 Å². The van der Waals surface area contributed by atoms with E-state index < -0.39 is 10.9 Å². The van der Waals surface area contributed by atoms with Gasteiger partial charge in [-0.05, 0) is 18.1 Å². The number of anilines is 1. The Labute approximate surface area is 112 Å². The average molecular weight is 266 g/mol. The molecule has 0 fully saturated rings. The van der Waals surface area contributed by atoms with Crippen molar-refractivity contribution in [3.05, 3.63) is 33.9 Å². The Morgan fingerprint density at radius 2 is 2.11 bits per heavy atom. The Morgan fingerprint density at radius 1 is 1.47 bits per heavy atom. The Balaban J connectivity index is 3.18. The van der Waals surface area contributed by atoms with E-state index >= 15 is 0 Å². The van der Waals surface area contributed by atoms with Gasteiger partial charge in [-0.3, -0.25) is 10.1 Å². The molecular formula is C13H18N2O4. The summed E-state index contributed by atoms with van der Waals surface area (Å²) in [6, 6.07) is 4.46. The van der Waals surface area contributed by atoms with Gasteiger partial charge in [-0.2, -0.15) is 0 Å². The van der Waals surface area contributed by atoms with Gasteiger partial charge in [0.25, 0.3) is 5.69 Å². The van der Waals surface area contributed by atoms with Crippen LogP contribution in [0, 0.1) is 16.0 Å². The fraction of sp³-hybridized carbons (Fsp3) is 0.462. The number of nitro groups is 1. The van der Waals surface area contributed by atoms with Crippen LogP contribution in [0.25, 0.3) is 0 Å². The fourth-order valence-corrected chi connectivity index (χ4v) is 1.85. The molecule has 0 spiro atoms. The quantitative estimate of drug-likeness (QED) is 0.465. The second kappa shape index (κ2) is 6.17. The summed E-state index contributed by atoms with van der Waals surface area (Å²) in [5, 5.41) is 10.9. The third-order valence-electron chi connectivity index (χ3n) is 2.66. The second-order valence-corrected chi connectivity index (χ2v) is 4.72. The van der Waals surface area contributed by atoms with E-state index in [-0.39, 0.29) is 11.3 Å². The highest BCUT2D eigenvalue weighted by Gasteiger charge is 2.22. The molecule has 6 nitrogen and oxygen atoms in total. The zero-order valence-corrected chi connectivity index (χ0v) is 11.5. The first-order chi connectivity index (χ1) is 8.86. The maximum atomic E-state index is 11.6. The van der Waals surface area contributed by atoms with Crippen molar-refractivity contribution < 1.29 is 14.5 Å². The normalized spacial score (nSPS) is 10.4. The lowest BCUT2D eigenvalue weighted by molar-refractivity contribution is -0.385. The highest BCUT2D eigenvalue weighted by atomic mass is 16.6. The predicted octanol–water partition coefficient (Wildman–Crippen LogP) is 2.47. The molecule has 1 aromatic rings. The number of rotatable bonds is 5. The highest BCUT2D eigenvalue weighted by molar-refractivity contribution is 5.95. The van der Waals surface area contributed by atoms with Crippen molar-refractivity contribution >= 4 is 17.3 Å². The van der Waals surface area contributed by atoms with Crippen LogP contribution >= 0.6 is 0 Å². The van der Waals surface area contributed by atoms with E-state index in [1.807, 2.05) is 11.9 Å². The summed E-state index contributed by atoms with van der Waals surface area (Å²) in [5.41, 5.74) is 0.480. The minimum atomic E-state index is -0.702. The zero-order valence-electron chi connectivity index (χ0n) is 11.5. The number of esters is 1. The fourth-order valence-electron chi connectivity index (χ4n) is 1.85. The second-order valence-electron chi connectivity index (χ2n) is 4.72. The van der Waals surface area contributed by atoms with Crippen LogP contribution < -0.4 is 4.90 Å². The molecule has 0 aliphatic rings. The molecule has 0 heterocycles. The maximum Gasteiger partial charge on any atom is 0.344 e. The molecule has 0 aromatic heterocycles. The molecule has 19 heavy (non-hydrogen) atoms. The number of carbonyl (C=O) groups is 1. The Kier molecular flexibility index (Phi) is 4.86. The lowest BCUT2D eigenvalue weighted by Crippen LogP contribution is -2.22. The average Bonchev–Trinajstić information content (AvgIpc) is 2.36. The minimum Gasteiger partial charge on any atom is -0.465 e. The third-order valence-corrected chi connectivity index (χ3v) is 2.66. The largest absolute Gasteiger partial charge is 0.465 e. The van der Waals surface area contributed by atoms with Gasteiger partial charge in [0.15, 0.2) is 0 Å². The zero-order chi connectivity index (χ0) is 14.6. The predicted molar refractivity (Wildman–Crippen MR) is 72.5 cm³/mol. The number of benzene rings is 1. The van der Waals surface area contributed by atoms with Gasteiger partial charge in [0.05, 0.1) is 12.0 Å². The van der Waals surface area contributed by atoms with Gasteiger partial charge in [-0.1, -0.05) is 13.8 Å². The molecule has 0 saturated carbocycles. The number of nitro benzene ring substituents is 1. The molecule has 0 aliphatic heterocycles. The van der Waals surface area contributed by atoms with Crippen LogP contribution in [-0.2, 0) is 4.74 Å². The third kappa shape index (κ3) is 3.67. The molecule has 0 saturated heterocycles. The molecule has 0 amide bonds. The Hall–Kier alpha value is -2.11. The van der Waals surface area contributed by atoms with E-state index in [1.54, 1.807) is 6.07 Å². The SMILES string of the molecule is COC(=O)c1cc(N(C)CC(C)C)ccc1[N+](=O)[O-]. The summed E-state index contributed by atoms with van der Waals surface area (Å²) in [6.45, 7) is 4.94. The smallest absolute Gasteiger partial charge is 0.344 e. The van der Waals surface area contributed by atoms with E-state index in [1.165, 1.54) is 19.2 Å². The summed E-state index contributed by atoms with van der Waals surface area (Å²) in [4.78, 5) is 23.8. The van der Waals surface area contributed by atoms with Crippen LogP contribution in [0.1, 0.15) is 24.2 Å². The van der Waals surface area contributed by atoms with Crippen LogP contribution in [0.4, 0.5) is 11.4 Å². The van der Waals surface area contributed by atoms with Crippen LogP contribution in [0.15, 0.2) is 18.2 Å². The first-order valence-electron chi connectivity index (χ1n) is 5.94. The lowest BCUT2D eigenvalue weighted by atomic mass is 10.1. The van der Waals surface area contributed by atoms with Crippen LogP contribution in [0.2, 0.25) is 0 Å². The van der Waals surface area contributed by atoms with Crippen molar-refractivity contribution in [2.75, 3.05) is 25.6 Å². The molecule has 0 N–H and O–H groups in total. The molecule has 104 valence electrons. The van der Waals surface area contributed by atoms with Gasteiger partial charge in [0.1, 0.15) is 5.56 Å². The molecule has 0 aliphatic carbocycles. The first-order valence-corrected chi connectivity index (χ1v) is 5.94. The van der Waals surface area contributed by atoms with Gasteiger partial charge in [-0.25, -0.2) is 4.79 Å². The summed E-state index contributed by atoms with van der Waals surface area (Å²) in [6.07, 6.45) is 0. The van der Waals surface area contributed by atoms with Crippen molar-refractivity contribution in [1.82, 2.24) is 0 Å². The maximum absolute atomic E-state index is 11.6. The first kappa shape index (κ1) is 14.9. The van der Waals surface area contributed by atoms with Crippen LogP contribution in [-0.4, -0.2) is 31.6 Å². The van der Waals surface area contributed by atoms with Gasteiger partial charge in [0, 0.05) is 25.3 Å². The lowest BCUT2D eigenvalue weighted by Gasteiger charge is -2.21. The molecule has 0 bridgehead atoms. The molecule has 1 aromatic carbocycles. The van der Waals surface area contributed by atoms with E-state index in [0.29, 0.717) is 5.92 Å². The molecule has 0 radical (unpaired) electrons. The Bertz CT molecular complexity index is 486. The number of methoxy groups -OCH3 is 1. The Morgan fingerprint density at radius 3 is 2.58 bits per heavy atom. The number of ether oxygens (including phenoxy) is 1. The molecule has 1 rings (SSSR count). The van der Waals surface area contributed by atoms with E-state index in [2.05, 4.69) is 18.6 Å². The van der Waals surface area contributed by atoms with Crippen molar-refractivity contribution in [1.29, 1.82) is 0 Å². The van der Waals surface area contributed by atoms with E-state index in [9.17, 15) is 14.9 Å². The molecule has 6 heteroatoms. The summed E-state index contributed by atoms with van der Waals surface area (Å²) >= 11 is 0. The van der Waals surface area contributed by atoms with Gasteiger partial charge < -0.3 is 9.64 Å². The number of carbonyl (C=O) groups excluding carboxylic acids is 1. The highest BCUT2D eigenvalue weighted by Crippen LogP contribution is 2.25. The van der Waals surface area contributed by atoms with Crippen molar-refractivity contribution in [3.63, 3.8) is 0 Å². The number of nitrogens with zero attached hydrogens (tertiary/aromatic N) is 2. The van der Waals surface area contributed by atoms with Crippen molar-refractivity contribution in [2.24, 2.45) is 5.92 Å². The molecule has 0 unspecified atom stereocenters. The number of hydrogen-bond acceptors (Lipinski definition) is 5. The van der Waals surface area contributed by atoms with Crippen molar-refractivity contribution in [3.8, 4) is 0 Å².